The number of nitrogens with one attached hydrogen (secondary N) is 1. The zero-order valence-electron chi connectivity index (χ0n) is 13.7. The maximum atomic E-state index is 12.9. The summed E-state index contributed by atoms with van der Waals surface area (Å²) in [5.41, 5.74) is 1.63. The van der Waals surface area contributed by atoms with Crippen LogP contribution < -0.4 is 14.8 Å². The number of carbonyl (C=O) groups is 1. The predicted molar refractivity (Wildman–Crippen MR) is 85.9 cm³/mol. The highest BCUT2D eigenvalue weighted by Gasteiger charge is 2.43. The Labute approximate surface area is 132 Å². The highest BCUT2D eigenvalue weighted by molar-refractivity contribution is 6.05. The van der Waals surface area contributed by atoms with Crippen molar-refractivity contribution < 1.29 is 14.3 Å². The van der Waals surface area contributed by atoms with Gasteiger partial charge in [0.2, 0.25) is 0 Å². The number of piperidine rings is 1. The van der Waals surface area contributed by atoms with E-state index in [0.29, 0.717) is 17.4 Å². The zero-order chi connectivity index (χ0) is 15.7. The molecule has 2 aliphatic rings. The van der Waals surface area contributed by atoms with E-state index >= 15 is 0 Å². The van der Waals surface area contributed by atoms with Crippen LogP contribution in [0.1, 0.15) is 42.1 Å². The van der Waals surface area contributed by atoms with Crippen molar-refractivity contribution in [3.63, 3.8) is 0 Å². The Balaban J connectivity index is 1.86. The van der Waals surface area contributed by atoms with Crippen LogP contribution in [0.5, 0.6) is 11.5 Å². The molecule has 3 rings (SSSR count). The van der Waals surface area contributed by atoms with Crippen LogP contribution in [-0.4, -0.2) is 33.1 Å². The van der Waals surface area contributed by atoms with Gasteiger partial charge in [0.05, 0.1) is 14.2 Å². The first kappa shape index (κ1) is 15.3. The van der Waals surface area contributed by atoms with E-state index in [4.69, 9.17) is 9.47 Å². The van der Waals surface area contributed by atoms with Gasteiger partial charge in [-0.15, -0.1) is 0 Å². The summed E-state index contributed by atoms with van der Waals surface area (Å²) in [4.78, 5) is 12.9. The van der Waals surface area contributed by atoms with Gasteiger partial charge in [-0.05, 0) is 62.4 Å². The SMILES string of the molecule is COc1cc2c(cc1OC)C(=O)C(C)(CC1CCNCC1)C2. The summed E-state index contributed by atoms with van der Waals surface area (Å²) in [6.07, 6.45) is 4.13. The summed E-state index contributed by atoms with van der Waals surface area (Å²) in [6, 6.07) is 3.82. The summed E-state index contributed by atoms with van der Waals surface area (Å²) in [7, 11) is 3.24. The average Bonchev–Trinajstić information content (AvgIpc) is 2.77. The van der Waals surface area contributed by atoms with Crippen LogP contribution in [-0.2, 0) is 6.42 Å². The van der Waals surface area contributed by atoms with Crippen LogP contribution in [0.2, 0.25) is 0 Å². The van der Waals surface area contributed by atoms with Gasteiger partial charge in [-0.3, -0.25) is 4.79 Å². The molecule has 1 atom stereocenters. The number of carbonyl (C=O) groups excluding carboxylic acids is 1. The van der Waals surface area contributed by atoms with Crippen LogP contribution in [0.25, 0.3) is 0 Å². The smallest absolute Gasteiger partial charge is 0.169 e. The fourth-order valence-electron chi connectivity index (χ4n) is 3.99. The van der Waals surface area contributed by atoms with Crippen molar-refractivity contribution in [1.82, 2.24) is 5.32 Å². The third-order valence-corrected chi connectivity index (χ3v) is 5.18. The molecule has 4 nitrogen and oxygen atoms in total. The Hall–Kier alpha value is -1.55. The zero-order valence-corrected chi connectivity index (χ0v) is 13.7. The highest BCUT2D eigenvalue weighted by atomic mass is 16.5. The van der Waals surface area contributed by atoms with E-state index < -0.39 is 0 Å². The minimum atomic E-state index is -0.276. The van der Waals surface area contributed by atoms with Crippen molar-refractivity contribution in [3.05, 3.63) is 23.3 Å². The average molecular weight is 303 g/mol. The molecular weight excluding hydrogens is 278 g/mol. The summed E-state index contributed by atoms with van der Waals surface area (Å²) in [6.45, 7) is 4.27. The topological polar surface area (TPSA) is 47.6 Å². The predicted octanol–water partition coefficient (Wildman–Crippen LogP) is 2.84. The van der Waals surface area contributed by atoms with Gasteiger partial charge in [-0.2, -0.15) is 0 Å². The van der Waals surface area contributed by atoms with E-state index in [1.54, 1.807) is 14.2 Å². The van der Waals surface area contributed by atoms with E-state index in [1.807, 2.05) is 12.1 Å². The Morgan fingerprint density at radius 1 is 1.18 bits per heavy atom. The second-order valence-corrected chi connectivity index (χ2v) is 6.83. The lowest BCUT2D eigenvalue weighted by atomic mass is 9.75. The molecule has 1 aromatic rings. The molecule has 0 saturated carbocycles. The number of methoxy groups -OCH3 is 2. The Morgan fingerprint density at radius 2 is 1.82 bits per heavy atom. The first-order chi connectivity index (χ1) is 10.6. The van der Waals surface area contributed by atoms with Crippen LogP contribution >= 0.6 is 0 Å². The second-order valence-electron chi connectivity index (χ2n) is 6.83. The molecule has 1 aliphatic carbocycles. The van der Waals surface area contributed by atoms with E-state index in [9.17, 15) is 4.79 Å². The molecule has 1 heterocycles. The number of ketones is 1. The number of hydrogen-bond donors (Lipinski definition) is 1. The molecule has 120 valence electrons. The Kier molecular flexibility index (Phi) is 4.13. The number of Topliss-reactive ketones (excluding diaryl/α,β-unsaturated/α-hetero) is 1. The van der Waals surface area contributed by atoms with Crippen molar-refractivity contribution in [2.24, 2.45) is 11.3 Å². The van der Waals surface area contributed by atoms with Crippen molar-refractivity contribution in [2.45, 2.75) is 32.6 Å². The fourth-order valence-corrected chi connectivity index (χ4v) is 3.99. The molecule has 1 saturated heterocycles. The summed E-state index contributed by atoms with van der Waals surface area (Å²) >= 11 is 0. The first-order valence-electron chi connectivity index (χ1n) is 8.08. The van der Waals surface area contributed by atoms with Crippen molar-refractivity contribution >= 4 is 5.78 Å². The fraction of sp³-hybridized carbons (Fsp3) is 0.611. The largest absolute Gasteiger partial charge is 0.493 e. The third kappa shape index (κ3) is 2.60. The minimum absolute atomic E-state index is 0.266. The molecule has 4 heteroatoms. The van der Waals surface area contributed by atoms with E-state index in [0.717, 1.165) is 37.1 Å². The van der Waals surface area contributed by atoms with Gasteiger partial charge in [-0.1, -0.05) is 6.92 Å². The van der Waals surface area contributed by atoms with Gasteiger partial charge >= 0.3 is 0 Å². The second kappa shape index (κ2) is 5.92. The van der Waals surface area contributed by atoms with Crippen LogP contribution in [0.4, 0.5) is 0 Å². The highest BCUT2D eigenvalue weighted by Crippen LogP contribution is 2.45. The lowest BCUT2D eigenvalue weighted by Gasteiger charge is -2.30. The normalized spacial score (nSPS) is 25.1. The number of benzene rings is 1. The van der Waals surface area contributed by atoms with Gasteiger partial charge in [-0.25, -0.2) is 0 Å². The van der Waals surface area contributed by atoms with Gasteiger partial charge in [0, 0.05) is 11.0 Å². The van der Waals surface area contributed by atoms with Crippen molar-refractivity contribution in [3.8, 4) is 11.5 Å². The quantitative estimate of drug-likeness (QED) is 0.929. The number of rotatable bonds is 4. The number of hydrogen-bond acceptors (Lipinski definition) is 4. The molecule has 1 aliphatic heterocycles. The molecule has 0 bridgehead atoms. The Morgan fingerprint density at radius 3 is 2.45 bits per heavy atom. The van der Waals surface area contributed by atoms with Crippen molar-refractivity contribution in [1.29, 1.82) is 0 Å². The summed E-state index contributed by atoms with van der Waals surface area (Å²) in [5, 5.41) is 3.39. The van der Waals surface area contributed by atoms with E-state index in [2.05, 4.69) is 12.2 Å². The van der Waals surface area contributed by atoms with Crippen LogP contribution in [0.15, 0.2) is 12.1 Å². The molecule has 0 aromatic heterocycles. The van der Waals surface area contributed by atoms with Crippen LogP contribution in [0, 0.1) is 11.3 Å². The maximum Gasteiger partial charge on any atom is 0.169 e. The molecule has 1 fully saturated rings. The van der Waals surface area contributed by atoms with E-state index in [-0.39, 0.29) is 11.2 Å². The van der Waals surface area contributed by atoms with E-state index in [1.165, 1.54) is 12.8 Å². The molecule has 22 heavy (non-hydrogen) atoms. The van der Waals surface area contributed by atoms with Gasteiger partial charge in [0.1, 0.15) is 0 Å². The third-order valence-electron chi connectivity index (χ3n) is 5.18. The molecule has 1 N–H and O–H groups in total. The van der Waals surface area contributed by atoms with Crippen LogP contribution in [0.3, 0.4) is 0 Å². The summed E-state index contributed by atoms with van der Waals surface area (Å²) in [5.74, 6) is 2.26. The van der Waals surface area contributed by atoms with Crippen molar-refractivity contribution in [2.75, 3.05) is 27.3 Å². The molecule has 0 radical (unpaired) electrons. The van der Waals surface area contributed by atoms with Gasteiger partial charge in [0.15, 0.2) is 17.3 Å². The minimum Gasteiger partial charge on any atom is -0.493 e. The lowest BCUT2D eigenvalue weighted by Crippen LogP contribution is -2.33. The molecule has 1 aromatic carbocycles. The first-order valence-corrected chi connectivity index (χ1v) is 8.08. The van der Waals surface area contributed by atoms with Gasteiger partial charge < -0.3 is 14.8 Å². The number of ether oxygens (including phenoxy) is 2. The Bertz CT molecular complexity index is 578. The van der Waals surface area contributed by atoms with Gasteiger partial charge in [0.25, 0.3) is 0 Å². The molecule has 0 spiro atoms. The maximum absolute atomic E-state index is 12.9. The number of fused-ring (bicyclic) bond motifs is 1. The lowest BCUT2D eigenvalue weighted by molar-refractivity contribution is 0.0791. The summed E-state index contributed by atoms with van der Waals surface area (Å²) < 4.78 is 10.7. The molecule has 0 amide bonds. The standard InChI is InChI=1S/C18H25NO3/c1-18(10-12-4-6-19-7-5-12)11-13-8-15(21-2)16(22-3)9-14(13)17(18)20/h8-9,12,19H,4-7,10-11H2,1-3H3. The molecular formula is C18H25NO3. The monoisotopic (exact) mass is 303 g/mol. The molecule has 1 unspecified atom stereocenters.